The Morgan fingerprint density at radius 2 is 1.79 bits per heavy atom. The molecule has 2 aromatic rings. The first-order valence-corrected chi connectivity index (χ1v) is 10.9. The lowest BCUT2D eigenvalue weighted by atomic mass is 10.0. The molecular formula is C20H27F2N3O3S. The van der Waals surface area contributed by atoms with Crippen molar-refractivity contribution < 1.29 is 21.9 Å². The zero-order valence-electron chi connectivity index (χ0n) is 16.8. The van der Waals surface area contributed by atoms with Crippen molar-refractivity contribution in [3.05, 3.63) is 47.7 Å². The number of sulfonamides is 1. The maximum absolute atomic E-state index is 12.8. The van der Waals surface area contributed by atoms with Crippen LogP contribution in [0.15, 0.2) is 41.3 Å². The molecule has 1 atom stereocenters. The predicted molar refractivity (Wildman–Crippen MR) is 109 cm³/mol. The van der Waals surface area contributed by atoms with Gasteiger partial charge in [-0.2, -0.15) is 0 Å². The Morgan fingerprint density at radius 3 is 2.38 bits per heavy atom. The Balaban J connectivity index is 2.04. The van der Waals surface area contributed by atoms with Crippen molar-refractivity contribution >= 4 is 15.7 Å². The van der Waals surface area contributed by atoms with Crippen molar-refractivity contribution in [3.63, 3.8) is 0 Å². The van der Waals surface area contributed by atoms with Gasteiger partial charge in [-0.3, -0.25) is 4.72 Å². The molecule has 0 amide bonds. The average Bonchev–Trinajstić information content (AvgIpc) is 2.69. The van der Waals surface area contributed by atoms with Crippen LogP contribution in [0.1, 0.15) is 37.4 Å². The molecular weight excluding hydrogens is 400 g/mol. The van der Waals surface area contributed by atoms with Crippen molar-refractivity contribution in [1.82, 2.24) is 10.3 Å². The van der Waals surface area contributed by atoms with Crippen LogP contribution in [-0.2, 0) is 10.0 Å². The standard InChI is InChI=1S/C20H27F2N3O3S/c1-4-11-23-12-13-28-19-10-9-18(15(3)24-19)25-29(26,27)17-7-5-16(6-8-17)14(2)20(21)22/h5-10,14,20,23,25H,4,11-13H2,1-3H3/t14-/m1/s1. The zero-order chi connectivity index (χ0) is 21.4. The summed E-state index contributed by atoms with van der Waals surface area (Å²) in [6.07, 6.45) is -1.47. The smallest absolute Gasteiger partial charge is 0.261 e. The van der Waals surface area contributed by atoms with Crippen molar-refractivity contribution in [1.29, 1.82) is 0 Å². The van der Waals surface area contributed by atoms with Crippen LogP contribution in [0.25, 0.3) is 0 Å². The summed E-state index contributed by atoms with van der Waals surface area (Å²) in [7, 11) is -3.87. The molecule has 1 heterocycles. The molecule has 2 rings (SSSR count). The lowest BCUT2D eigenvalue weighted by Crippen LogP contribution is -2.21. The van der Waals surface area contributed by atoms with Gasteiger partial charge in [0.15, 0.2) is 0 Å². The largest absolute Gasteiger partial charge is 0.476 e. The van der Waals surface area contributed by atoms with E-state index in [0.29, 0.717) is 36.0 Å². The normalized spacial score (nSPS) is 12.8. The third-order valence-corrected chi connectivity index (χ3v) is 5.74. The molecule has 0 aliphatic carbocycles. The van der Waals surface area contributed by atoms with E-state index in [0.717, 1.165) is 13.0 Å². The highest BCUT2D eigenvalue weighted by atomic mass is 32.2. The number of hydrogen-bond donors (Lipinski definition) is 2. The summed E-state index contributed by atoms with van der Waals surface area (Å²) in [6, 6.07) is 8.63. The molecule has 29 heavy (non-hydrogen) atoms. The SMILES string of the molecule is CCCNCCOc1ccc(NS(=O)(=O)c2ccc([C@@H](C)C(F)F)cc2)c(C)n1. The van der Waals surface area contributed by atoms with E-state index >= 15 is 0 Å². The van der Waals surface area contributed by atoms with E-state index in [1.807, 2.05) is 0 Å². The summed E-state index contributed by atoms with van der Waals surface area (Å²) < 4.78 is 58.8. The summed E-state index contributed by atoms with van der Waals surface area (Å²) in [5, 5.41) is 3.21. The first-order valence-electron chi connectivity index (χ1n) is 9.46. The highest BCUT2D eigenvalue weighted by molar-refractivity contribution is 7.92. The van der Waals surface area contributed by atoms with E-state index < -0.39 is 22.4 Å². The molecule has 0 aliphatic rings. The van der Waals surface area contributed by atoms with Crippen molar-refractivity contribution in [2.75, 3.05) is 24.4 Å². The third kappa shape index (κ3) is 6.64. The van der Waals surface area contributed by atoms with Gasteiger partial charge < -0.3 is 10.1 Å². The van der Waals surface area contributed by atoms with Crippen LogP contribution in [0.3, 0.4) is 0 Å². The van der Waals surface area contributed by atoms with Gasteiger partial charge in [-0.15, -0.1) is 0 Å². The number of rotatable bonds is 11. The topological polar surface area (TPSA) is 80.3 Å². The Hall–Kier alpha value is -2.26. The van der Waals surface area contributed by atoms with Gasteiger partial charge in [0.25, 0.3) is 10.0 Å². The molecule has 0 saturated carbocycles. The molecule has 6 nitrogen and oxygen atoms in total. The second-order valence-electron chi connectivity index (χ2n) is 6.68. The highest BCUT2D eigenvalue weighted by Gasteiger charge is 2.20. The van der Waals surface area contributed by atoms with Crippen LogP contribution >= 0.6 is 0 Å². The lowest BCUT2D eigenvalue weighted by Gasteiger charge is -2.14. The van der Waals surface area contributed by atoms with E-state index in [-0.39, 0.29) is 4.90 Å². The van der Waals surface area contributed by atoms with E-state index in [4.69, 9.17) is 4.74 Å². The van der Waals surface area contributed by atoms with Crippen LogP contribution in [0.2, 0.25) is 0 Å². The first-order chi connectivity index (χ1) is 13.7. The number of alkyl halides is 2. The number of aryl methyl sites for hydroxylation is 1. The molecule has 0 bridgehead atoms. The average molecular weight is 428 g/mol. The van der Waals surface area contributed by atoms with Crippen molar-refractivity contribution in [2.24, 2.45) is 0 Å². The van der Waals surface area contributed by atoms with Gasteiger partial charge in [0, 0.05) is 18.5 Å². The molecule has 0 fully saturated rings. The molecule has 1 aromatic carbocycles. The van der Waals surface area contributed by atoms with Gasteiger partial charge in [0.05, 0.1) is 16.3 Å². The summed E-state index contributed by atoms with van der Waals surface area (Å²) in [5.41, 5.74) is 1.17. The molecule has 0 saturated heterocycles. The number of halogens is 2. The summed E-state index contributed by atoms with van der Waals surface area (Å²) in [5.74, 6) is -0.551. The number of anilines is 1. The molecule has 2 N–H and O–H groups in total. The predicted octanol–water partition coefficient (Wildman–Crippen LogP) is 3.94. The van der Waals surface area contributed by atoms with Crippen LogP contribution in [0.4, 0.5) is 14.5 Å². The maximum atomic E-state index is 12.8. The second-order valence-corrected chi connectivity index (χ2v) is 8.36. The highest BCUT2D eigenvalue weighted by Crippen LogP contribution is 2.25. The van der Waals surface area contributed by atoms with Crippen molar-refractivity contribution in [2.45, 2.75) is 44.4 Å². The van der Waals surface area contributed by atoms with Gasteiger partial charge >= 0.3 is 0 Å². The molecule has 9 heteroatoms. The fourth-order valence-electron chi connectivity index (χ4n) is 2.56. The van der Waals surface area contributed by atoms with Crippen LogP contribution in [0, 0.1) is 6.92 Å². The monoisotopic (exact) mass is 427 g/mol. The fourth-order valence-corrected chi connectivity index (χ4v) is 3.67. The van der Waals surface area contributed by atoms with Gasteiger partial charge in [0.2, 0.25) is 12.3 Å². The quantitative estimate of drug-likeness (QED) is 0.531. The minimum absolute atomic E-state index is 0.00978. The molecule has 1 aromatic heterocycles. The first kappa shape index (κ1) is 23.0. The van der Waals surface area contributed by atoms with Crippen LogP contribution in [-0.4, -0.2) is 39.5 Å². The van der Waals surface area contributed by atoms with Crippen LogP contribution < -0.4 is 14.8 Å². The zero-order valence-corrected chi connectivity index (χ0v) is 17.6. The van der Waals surface area contributed by atoms with E-state index in [1.54, 1.807) is 19.1 Å². The van der Waals surface area contributed by atoms with E-state index in [9.17, 15) is 17.2 Å². The molecule has 0 radical (unpaired) electrons. The second kappa shape index (κ2) is 10.5. The van der Waals surface area contributed by atoms with Gasteiger partial charge in [-0.1, -0.05) is 26.0 Å². The maximum Gasteiger partial charge on any atom is 0.261 e. The minimum atomic E-state index is -3.87. The Bertz CT molecular complexity index is 890. The molecule has 0 spiro atoms. The third-order valence-electron chi connectivity index (χ3n) is 4.35. The number of nitrogens with one attached hydrogen (secondary N) is 2. The van der Waals surface area contributed by atoms with Crippen molar-refractivity contribution in [3.8, 4) is 5.88 Å². The number of ether oxygens (including phenoxy) is 1. The van der Waals surface area contributed by atoms with E-state index in [1.165, 1.54) is 31.2 Å². The Morgan fingerprint density at radius 1 is 1.10 bits per heavy atom. The summed E-state index contributed by atoms with van der Waals surface area (Å²) in [4.78, 5) is 4.26. The Kier molecular flexibility index (Phi) is 8.33. The fraction of sp³-hybridized carbons (Fsp3) is 0.450. The van der Waals surface area contributed by atoms with Crippen LogP contribution in [0.5, 0.6) is 5.88 Å². The van der Waals surface area contributed by atoms with Gasteiger partial charge in [-0.25, -0.2) is 22.2 Å². The lowest BCUT2D eigenvalue weighted by molar-refractivity contribution is 0.121. The number of pyridine rings is 1. The number of benzene rings is 1. The molecule has 160 valence electrons. The summed E-state index contributed by atoms with van der Waals surface area (Å²) >= 11 is 0. The van der Waals surface area contributed by atoms with Gasteiger partial charge in [0.1, 0.15) is 6.61 Å². The minimum Gasteiger partial charge on any atom is -0.476 e. The van der Waals surface area contributed by atoms with E-state index in [2.05, 4.69) is 21.9 Å². The number of aromatic nitrogens is 1. The number of hydrogen-bond acceptors (Lipinski definition) is 5. The molecule has 0 unspecified atom stereocenters. The number of nitrogens with zero attached hydrogens (tertiary/aromatic N) is 1. The van der Waals surface area contributed by atoms with Gasteiger partial charge in [-0.05, 0) is 43.7 Å². The summed E-state index contributed by atoms with van der Waals surface area (Å²) in [6.45, 7) is 7.22. The Labute approximate surface area is 170 Å². The molecule has 0 aliphatic heterocycles.